The molecule has 1 unspecified atom stereocenters. The zero-order chi connectivity index (χ0) is 16.6. The molecule has 2 aromatic heterocycles. The molecule has 0 bridgehead atoms. The van der Waals surface area contributed by atoms with E-state index in [4.69, 9.17) is 19.7 Å². The van der Waals surface area contributed by atoms with Crippen molar-refractivity contribution in [1.82, 2.24) is 19.5 Å². The third kappa shape index (κ3) is 3.36. The lowest BCUT2D eigenvalue weighted by atomic mass is 10.2. The highest BCUT2D eigenvalue weighted by Gasteiger charge is 2.38. The van der Waals surface area contributed by atoms with Gasteiger partial charge >= 0.3 is 7.60 Å². The van der Waals surface area contributed by atoms with Gasteiger partial charge in [0.25, 0.3) is 0 Å². The Kier molecular flexibility index (Phi) is 4.35. The van der Waals surface area contributed by atoms with Crippen LogP contribution in [0.4, 0.5) is 5.82 Å². The minimum absolute atomic E-state index is 0.00436. The Balaban J connectivity index is 1.83. The molecule has 0 aliphatic carbocycles. The smallest absolute Gasteiger partial charge is 0.325 e. The van der Waals surface area contributed by atoms with E-state index in [2.05, 4.69) is 15.0 Å². The van der Waals surface area contributed by atoms with Crippen molar-refractivity contribution in [3.05, 3.63) is 12.7 Å². The van der Waals surface area contributed by atoms with E-state index in [0.29, 0.717) is 17.6 Å². The van der Waals surface area contributed by atoms with Crippen LogP contribution in [0.2, 0.25) is 0 Å². The van der Waals surface area contributed by atoms with E-state index < -0.39 is 13.8 Å². The zero-order valence-corrected chi connectivity index (χ0v) is 13.6. The third-order valence-electron chi connectivity index (χ3n) is 3.61. The number of nitrogens with zero attached hydrogens (tertiary/aromatic N) is 4. The summed E-state index contributed by atoms with van der Waals surface area (Å²) < 4.78 is 29.2. The number of methoxy groups -OCH3 is 1. The lowest BCUT2D eigenvalue weighted by Gasteiger charge is -2.19. The predicted octanol–water partition coefficient (Wildman–Crippen LogP) is 0.543. The van der Waals surface area contributed by atoms with Crippen LogP contribution in [0.25, 0.3) is 11.2 Å². The molecule has 4 atom stereocenters. The maximum absolute atomic E-state index is 11.2. The molecule has 3 rings (SSSR count). The predicted molar refractivity (Wildman–Crippen MR) is 80.8 cm³/mol. The van der Waals surface area contributed by atoms with Crippen molar-refractivity contribution < 1.29 is 23.5 Å². The van der Waals surface area contributed by atoms with Crippen molar-refractivity contribution in [2.24, 2.45) is 0 Å². The molecule has 2 aromatic rings. The first-order valence-electron chi connectivity index (χ1n) is 6.95. The molecule has 0 aromatic carbocycles. The largest absolute Gasteiger partial charge is 0.382 e. The van der Waals surface area contributed by atoms with Crippen molar-refractivity contribution in [1.29, 1.82) is 0 Å². The molecule has 3 N–H and O–H groups in total. The number of anilines is 1. The molecule has 126 valence electrons. The van der Waals surface area contributed by atoms with Gasteiger partial charge in [0.2, 0.25) is 0 Å². The summed E-state index contributed by atoms with van der Waals surface area (Å²) in [6, 6.07) is 0. The molecule has 1 fully saturated rings. The molecule has 1 saturated heterocycles. The second-order valence-electron chi connectivity index (χ2n) is 5.34. The standard InChI is InChI=1S/C12H18N5O5P/c1-20-8-3-7(4-21-23(2,18)19)22-12(8)17-6-16-9-10(13)14-5-15-11(9)17/h5-8,12H,3-4H2,1-2H3,(H,18,19)(H2,13,14,15)/t7-,8+,12+/m0/s1. The van der Waals surface area contributed by atoms with E-state index in [1.165, 1.54) is 6.33 Å². The van der Waals surface area contributed by atoms with Gasteiger partial charge in [0, 0.05) is 20.2 Å². The molecule has 3 heterocycles. The Hall–Kier alpha value is -1.58. The molecule has 1 aliphatic rings. The maximum atomic E-state index is 11.2. The van der Waals surface area contributed by atoms with E-state index in [1.54, 1.807) is 18.0 Å². The monoisotopic (exact) mass is 343 g/mol. The summed E-state index contributed by atoms with van der Waals surface area (Å²) in [4.78, 5) is 21.5. The number of ether oxygens (including phenoxy) is 2. The Labute approximate surface area is 132 Å². The molecule has 1 aliphatic heterocycles. The van der Waals surface area contributed by atoms with Crippen LogP contribution in [-0.2, 0) is 18.6 Å². The second kappa shape index (κ2) is 6.14. The SMILES string of the molecule is CO[C@@H]1C[C@@H](COP(C)(=O)O)O[C@H]1n1cnc2c(N)ncnc21. The van der Waals surface area contributed by atoms with E-state index in [1.807, 2.05) is 0 Å². The number of nitrogens with two attached hydrogens (primary N) is 1. The summed E-state index contributed by atoms with van der Waals surface area (Å²) in [7, 11) is -1.98. The highest BCUT2D eigenvalue weighted by atomic mass is 31.2. The first-order valence-corrected chi connectivity index (χ1v) is 8.97. The summed E-state index contributed by atoms with van der Waals surface area (Å²) in [5, 5.41) is 0. The van der Waals surface area contributed by atoms with Crippen LogP contribution in [0.3, 0.4) is 0 Å². The van der Waals surface area contributed by atoms with Gasteiger partial charge in [0.15, 0.2) is 17.7 Å². The quantitative estimate of drug-likeness (QED) is 0.746. The number of hydrogen-bond donors (Lipinski definition) is 2. The number of aromatic nitrogens is 4. The van der Waals surface area contributed by atoms with E-state index in [-0.39, 0.29) is 24.6 Å². The fourth-order valence-corrected chi connectivity index (χ4v) is 3.00. The van der Waals surface area contributed by atoms with Crippen LogP contribution in [0.5, 0.6) is 0 Å². The minimum atomic E-state index is -3.55. The molecular formula is C12H18N5O5P. The lowest BCUT2D eigenvalue weighted by Crippen LogP contribution is -2.21. The van der Waals surface area contributed by atoms with Gasteiger partial charge in [-0.2, -0.15) is 0 Å². The maximum Gasteiger partial charge on any atom is 0.325 e. The van der Waals surface area contributed by atoms with Gasteiger partial charge in [-0.1, -0.05) is 0 Å². The van der Waals surface area contributed by atoms with Gasteiger partial charge < -0.3 is 24.6 Å². The lowest BCUT2D eigenvalue weighted by molar-refractivity contribution is -0.0565. The number of imidazole rings is 1. The first kappa shape index (κ1) is 16.3. The van der Waals surface area contributed by atoms with Gasteiger partial charge in [0.1, 0.15) is 17.9 Å². The number of fused-ring (bicyclic) bond motifs is 1. The first-order chi connectivity index (χ1) is 10.9. The molecule has 0 radical (unpaired) electrons. The number of nitrogen functional groups attached to an aromatic ring is 1. The minimum Gasteiger partial charge on any atom is -0.382 e. The Bertz CT molecular complexity index is 747. The molecule has 23 heavy (non-hydrogen) atoms. The van der Waals surface area contributed by atoms with Crippen LogP contribution in [-0.4, -0.2) is 57.0 Å². The van der Waals surface area contributed by atoms with Crippen molar-refractivity contribution in [3.63, 3.8) is 0 Å². The molecule has 0 amide bonds. The molecule has 10 nitrogen and oxygen atoms in total. The number of rotatable bonds is 5. The molecule has 0 saturated carbocycles. The molecule has 0 spiro atoms. The normalized spacial score (nSPS) is 27.3. The van der Waals surface area contributed by atoms with Crippen LogP contribution < -0.4 is 5.73 Å². The van der Waals surface area contributed by atoms with Crippen LogP contribution in [0.1, 0.15) is 12.6 Å². The zero-order valence-electron chi connectivity index (χ0n) is 12.7. The van der Waals surface area contributed by atoms with Gasteiger partial charge in [0.05, 0.1) is 19.0 Å². The Morgan fingerprint density at radius 1 is 1.52 bits per heavy atom. The van der Waals surface area contributed by atoms with Crippen LogP contribution in [0, 0.1) is 0 Å². The topological polar surface area (TPSA) is 135 Å². The fourth-order valence-electron chi connectivity index (χ4n) is 2.56. The summed E-state index contributed by atoms with van der Waals surface area (Å²) in [6.45, 7) is 1.14. The third-order valence-corrected chi connectivity index (χ3v) is 4.24. The van der Waals surface area contributed by atoms with Gasteiger partial charge in [-0.25, -0.2) is 15.0 Å². The molecular weight excluding hydrogens is 325 g/mol. The summed E-state index contributed by atoms with van der Waals surface area (Å²) in [5.74, 6) is 0.285. The van der Waals surface area contributed by atoms with Crippen molar-refractivity contribution in [2.45, 2.75) is 24.9 Å². The van der Waals surface area contributed by atoms with Crippen molar-refractivity contribution >= 4 is 24.6 Å². The highest BCUT2D eigenvalue weighted by Crippen LogP contribution is 2.39. The Morgan fingerprint density at radius 3 is 3.00 bits per heavy atom. The summed E-state index contributed by atoms with van der Waals surface area (Å²) >= 11 is 0. The van der Waals surface area contributed by atoms with Gasteiger partial charge in [-0.15, -0.1) is 0 Å². The average molecular weight is 343 g/mol. The fraction of sp³-hybridized carbons (Fsp3) is 0.583. The average Bonchev–Trinajstić information content (AvgIpc) is 3.08. The van der Waals surface area contributed by atoms with Gasteiger partial charge in [-0.05, 0) is 0 Å². The van der Waals surface area contributed by atoms with E-state index in [9.17, 15) is 9.46 Å². The van der Waals surface area contributed by atoms with E-state index >= 15 is 0 Å². The van der Waals surface area contributed by atoms with Crippen molar-refractivity contribution in [2.75, 3.05) is 26.1 Å². The van der Waals surface area contributed by atoms with Crippen LogP contribution >= 0.6 is 7.60 Å². The van der Waals surface area contributed by atoms with Crippen LogP contribution in [0.15, 0.2) is 12.7 Å². The van der Waals surface area contributed by atoms with Crippen molar-refractivity contribution in [3.8, 4) is 0 Å². The van der Waals surface area contributed by atoms with E-state index in [0.717, 1.165) is 6.66 Å². The number of hydrogen-bond acceptors (Lipinski definition) is 8. The van der Waals surface area contributed by atoms with Gasteiger partial charge in [-0.3, -0.25) is 9.13 Å². The Morgan fingerprint density at radius 2 is 2.30 bits per heavy atom. The molecule has 11 heteroatoms. The summed E-state index contributed by atoms with van der Waals surface area (Å²) in [5.41, 5.74) is 6.80. The highest BCUT2D eigenvalue weighted by molar-refractivity contribution is 7.51. The summed E-state index contributed by atoms with van der Waals surface area (Å²) in [6.07, 6.45) is 2.30. The second-order valence-corrected chi connectivity index (χ2v) is 7.20.